The van der Waals surface area contributed by atoms with E-state index in [9.17, 15) is 4.79 Å². The van der Waals surface area contributed by atoms with Crippen molar-refractivity contribution in [3.05, 3.63) is 52.0 Å². The fourth-order valence-corrected chi connectivity index (χ4v) is 6.67. The summed E-state index contributed by atoms with van der Waals surface area (Å²) < 4.78 is 0. The number of benzene rings is 1. The Balaban J connectivity index is 1.19. The molecule has 0 aliphatic heterocycles. The minimum atomic E-state index is 0.166. The van der Waals surface area contributed by atoms with E-state index in [1.165, 1.54) is 37.7 Å². The molecule has 2 aromatic rings. The molecule has 136 valence electrons. The van der Waals surface area contributed by atoms with E-state index in [1.807, 2.05) is 6.07 Å². The number of hydrogen-bond acceptors (Lipinski definition) is 3. The van der Waals surface area contributed by atoms with Crippen molar-refractivity contribution < 1.29 is 4.79 Å². The van der Waals surface area contributed by atoms with Crippen LogP contribution in [0.25, 0.3) is 0 Å². The summed E-state index contributed by atoms with van der Waals surface area (Å²) in [5.74, 6) is 3.53. The molecule has 3 nitrogen and oxygen atoms in total. The Labute approximate surface area is 159 Å². The van der Waals surface area contributed by atoms with E-state index in [1.54, 1.807) is 11.3 Å². The van der Waals surface area contributed by atoms with Crippen LogP contribution in [0.4, 0.5) is 0 Å². The third-order valence-electron chi connectivity index (χ3n) is 6.69. The molecule has 0 spiro atoms. The van der Waals surface area contributed by atoms with Gasteiger partial charge in [-0.25, -0.2) is 4.98 Å². The average molecular weight is 367 g/mol. The van der Waals surface area contributed by atoms with Gasteiger partial charge >= 0.3 is 0 Å². The quantitative estimate of drug-likeness (QED) is 0.861. The lowest BCUT2D eigenvalue weighted by atomic mass is 9.54. The topological polar surface area (TPSA) is 42.0 Å². The van der Waals surface area contributed by atoms with E-state index in [4.69, 9.17) is 0 Å². The summed E-state index contributed by atoms with van der Waals surface area (Å²) in [6, 6.07) is 10.8. The predicted molar refractivity (Wildman–Crippen MR) is 104 cm³/mol. The van der Waals surface area contributed by atoms with Gasteiger partial charge in [0.1, 0.15) is 0 Å². The first kappa shape index (κ1) is 16.5. The summed E-state index contributed by atoms with van der Waals surface area (Å²) in [4.78, 5) is 17.3. The third kappa shape index (κ3) is 3.32. The van der Waals surface area contributed by atoms with E-state index < -0.39 is 0 Å². The van der Waals surface area contributed by atoms with Crippen molar-refractivity contribution in [2.45, 2.75) is 51.0 Å². The van der Waals surface area contributed by atoms with Gasteiger partial charge < -0.3 is 5.32 Å². The zero-order chi connectivity index (χ0) is 17.5. The molecule has 26 heavy (non-hydrogen) atoms. The van der Waals surface area contributed by atoms with E-state index in [-0.39, 0.29) is 5.91 Å². The average Bonchev–Trinajstić information content (AvgIpc) is 3.05. The van der Waals surface area contributed by atoms with Crippen molar-refractivity contribution in [3.63, 3.8) is 0 Å². The molecule has 4 aliphatic carbocycles. The number of carbonyl (C=O) groups is 1. The van der Waals surface area contributed by atoms with E-state index in [0.717, 1.165) is 40.8 Å². The highest BCUT2D eigenvalue weighted by molar-refractivity contribution is 7.09. The van der Waals surface area contributed by atoms with Crippen LogP contribution < -0.4 is 5.32 Å². The van der Waals surface area contributed by atoms with Gasteiger partial charge in [-0.05, 0) is 61.3 Å². The zero-order valence-electron chi connectivity index (χ0n) is 15.1. The molecule has 0 unspecified atom stereocenters. The van der Waals surface area contributed by atoms with Gasteiger partial charge in [0.25, 0.3) is 0 Å². The Morgan fingerprint density at radius 1 is 1.04 bits per heavy atom. The van der Waals surface area contributed by atoms with Crippen LogP contribution in [0.1, 0.15) is 48.4 Å². The number of rotatable bonds is 5. The van der Waals surface area contributed by atoms with Crippen LogP contribution in [0.3, 0.4) is 0 Å². The van der Waals surface area contributed by atoms with Crippen molar-refractivity contribution >= 4 is 17.2 Å². The maximum atomic E-state index is 12.6. The summed E-state index contributed by atoms with van der Waals surface area (Å²) >= 11 is 1.66. The molecule has 4 bridgehead atoms. The second kappa shape index (κ2) is 6.80. The Morgan fingerprint density at radius 3 is 2.42 bits per heavy atom. The number of thiazole rings is 1. The molecule has 0 atom stereocenters. The minimum Gasteiger partial charge on any atom is -0.352 e. The van der Waals surface area contributed by atoms with Crippen LogP contribution in [0.2, 0.25) is 0 Å². The summed E-state index contributed by atoms with van der Waals surface area (Å²) in [5.41, 5.74) is 2.19. The Hall–Kier alpha value is -1.68. The normalized spacial score (nSPS) is 31.9. The molecule has 4 fully saturated rings. The molecule has 0 radical (unpaired) electrons. The maximum Gasteiger partial charge on any atom is 0.226 e. The highest BCUT2D eigenvalue weighted by atomic mass is 32.1. The Bertz CT molecular complexity index is 756. The second-order valence-corrected chi connectivity index (χ2v) is 9.54. The first-order valence-electron chi connectivity index (χ1n) is 9.99. The summed E-state index contributed by atoms with van der Waals surface area (Å²) in [6.07, 6.45) is 8.10. The highest BCUT2D eigenvalue weighted by Crippen LogP contribution is 2.53. The largest absolute Gasteiger partial charge is 0.352 e. The first-order chi connectivity index (χ1) is 12.7. The maximum absolute atomic E-state index is 12.6. The van der Waals surface area contributed by atoms with Gasteiger partial charge in [0, 0.05) is 17.8 Å². The van der Waals surface area contributed by atoms with Crippen LogP contribution >= 0.6 is 11.3 Å². The van der Waals surface area contributed by atoms with Gasteiger partial charge in [-0.1, -0.05) is 30.3 Å². The van der Waals surface area contributed by atoms with E-state index in [0.29, 0.717) is 12.5 Å². The number of carbonyl (C=O) groups excluding carboxylic acids is 1. The molecule has 1 heterocycles. The Kier molecular flexibility index (Phi) is 4.32. The number of aromatic nitrogens is 1. The van der Waals surface area contributed by atoms with Gasteiger partial charge in [0.05, 0.1) is 17.1 Å². The van der Waals surface area contributed by atoms with Crippen LogP contribution in [-0.4, -0.2) is 16.9 Å². The monoisotopic (exact) mass is 366 g/mol. The number of nitrogens with zero attached hydrogens (tertiary/aromatic N) is 1. The van der Waals surface area contributed by atoms with Gasteiger partial charge in [0.15, 0.2) is 0 Å². The third-order valence-corrected chi connectivity index (χ3v) is 7.59. The van der Waals surface area contributed by atoms with Crippen LogP contribution in [0, 0.1) is 23.7 Å². The number of amides is 1. The van der Waals surface area contributed by atoms with Crippen LogP contribution in [0.15, 0.2) is 35.7 Å². The molecule has 1 N–H and O–H groups in total. The van der Waals surface area contributed by atoms with Crippen LogP contribution in [-0.2, 0) is 17.6 Å². The molecule has 1 aromatic heterocycles. The number of nitrogens with one attached hydrogen (secondary N) is 1. The molecule has 4 saturated carbocycles. The smallest absolute Gasteiger partial charge is 0.226 e. The molecule has 4 aliphatic rings. The van der Waals surface area contributed by atoms with Crippen LogP contribution in [0.5, 0.6) is 0 Å². The summed E-state index contributed by atoms with van der Waals surface area (Å²) in [7, 11) is 0. The minimum absolute atomic E-state index is 0.166. The highest BCUT2D eigenvalue weighted by Gasteiger charge is 2.48. The molecular formula is C22H26N2OS. The van der Waals surface area contributed by atoms with E-state index >= 15 is 0 Å². The standard InChI is InChI=1S/C22H26N2OS/c25-20(24-22-17-7-15-6-16(9-17)10-18(22)8-15)12-19-13-26-21(23-19)11-14-4-2-1-3-5-14/h1-5,13,15-18,22H,6-12H2,(H,24,25). The fourth-order valence-electron chi connectivity index (χ4n) is 5.84. The van der Waals surface area contributed by atoms with Gasteiger partial charge in [0.2, 0.25) is 5.91 Å². The molecular weight excluding hydrogens is 340 g/mol. The van der Waals surface area contributed by atoms with Gasteiger partial charge in [-0.3, -0.25) is 4.79 Å². The predicted octanol–water partition coefficient (Wildman–Crippen LogP) is 4.22. The van der Waals surface area contributed by atoms with Crippen molar-refractivity contribution in [1.82, 2.24) is 10.3 Å². The summed E-state index contributed by atoms with van der Waals surface area (Å²) in [5, 5.41) is 6.54. The number of hydrogen-bond donors (Lipinski definition) is 1. The lowest BCUT2D eigenvalue weighted by Crippen LogP contribution is -2.56. The molecule has 6 rings (SSSR count). The van der Waals surface area contributed by atoms with Crippen molar-refractivity contribution in [2.75, 3.05) is 0 Å². The zero-order valence-corrected chi connectivity index (χ0v) is 15.9. The molecule has 1 aromatic carbocycles. The second-order valence-electron chi connectivity index (χ2n) is 8.60. The lowest BCUT2D eigenvalue weighted by molar-refractivity contribution is -0.124. The van der Waals surface area contributed by atoms with Crippen molar-refractivity contribution in [1.29, 1.82) is 0 Å². The van der Waals surface area contributed by atoms with E-state index in [2.05, 4.69) is 39.9 Å². The summed E-state index contributed by atoms with van der Waals surface area (Å²) in [6.45, 7) is 0. The van der Waals surface area contributed by atoms with Gasteiger partial charge in [-0.15, -0.1) is 11.3 Å². The molecule has 4 heteroatoms. The fraction of sp³-hybridized carbons (Fsp3) is 0.545. The first-order valence-corrected chi connectivity index (χ1v) is 10.9. The van der Waals surface area contributed by atoms with Gasteiger partial charge in [-0.2, -0.15) is 0 Å². The van der Waals surface area contributed by atoms with Crippen molar-refractivity contribution in [3.8, 4) is 0 Å². The SMILES string of the molecule is O=C(Cc1csc(Cc2ccccc2)n1)NC1C2CC3CC(C2)CC1C3. The molecule has 1 amide bonds. The Morgan fingerprint density at radius 2 is 1.73 bits per heavy atom. The lowest BCUT2D eigenvalue weighted by Gasteiger charge is -2.54. The molecule has 0 saturated heterocycles. The van der Waals surface area contributed by atoms with Crippen molar-refractivity contribution in [2.24, 2.45) is 23.7 Å².